The average Bonchev–Trinajstić information content (AvgIpc) is 2.56. The van der Waals surface area contributed by atoms with Crippen molar-refractivity contribution in [1.29, 1.82) is 0 Å². The van der Waals surface area contributed by atoms with Crippen LogP contribution in [0, 0.1) is 17.0 Å². The molecule has 0 aromatic heterocycles. The van der Waals surface area contributed by atoms with Gasteiger partial charge in [-0.15, -0.1) is 0 Å². The minimum absolute atomic E-state index is 0.0609. The van der Waals surface area contributed by atoms with Gasteiger partial charge in [0.1, 0.15) is 0 Å². The number of fused-ring (bicyclic) bond motifs is 1. The second-order valence-electron chi connectivity index (χ2n) is 6.12. The van der Waals surface area contributed by atoms with Crippen molar-refractivity contribution in [3.63, 3.8) is 0 Å². The van der Waals surface area contributed by atoms with Gasteiger partial charge in [0, 0.05) is 17.7 Å². The maximum Gasteiger partial charge on any atom is 0.275 e. The van der Waals surface area contributed by atoms with Gasteiger partial charge in [0.2, 0.25) is 0 Å². The van der Waals surface area contributed by atoms with Crippen LogP contribution in [0.3, 0.4) is 0 Å². The lowest BCUT2D eigenvalue weighted by molar-refractivity contribution is -0.385. The Hall–Kier alpha value is -2.12. The average molecular weight is 381 g/mol. The van der Waals surface area contributed by atoms with Gasteiger partial charge in [-0.2, -0.15) is 0 Å². The van der Waals surface area contributed by atoms with Gasteiger partial charge in [-0.25, -0.2) is 8.42 Å². The summed E-state index contributed by atoms with van der Waals surface area (Å²) in [4.78, 5) is 10.4. The Kier molecular flexibility index (Phi) is 4.47. The molecule has 8 heteroatoms. The van der Waals surface area contributed by atoms with E-state index in [9.17, 15) is 18.5 Å². The first-order valence-electron chi connectivity index (χ1n) is 7.80. The summed E-state index contributed by atoms with van der Waals surface area (Å²) < 4.78 is 27.8. The lowest BCUT2D eigenvalue weighted by atomic mass is 9.99. The van der Waals surface area contributed by atoms with E-state index in [2.05, 4.69) is 0 Å². The van der Waals surface area contributed by atoms with Gasteiger partial charge in [0.05, 0.1) is 20.5 Å². The van der Waals surface area contributed by atoms with Gasteiger partial charge in [0.25, 0.3) is 15.7 Å². The summed E-state index contributed by atoms with van der Waals surface area (Å²) in [6, 6.07) is 9.42. The molecule has 2 aromatic carbocycles. The van der Waals surface area contributed by atoms with E-state index in [1.165, 1.54) is 17.3 Å². The second kappa shape index (κ2) is 6.31. The van der Waals surface area contributed by atoms with Crippen LogP contribution in [0.25, 0.3) is 0 Å². The van der Waals surface area contributed by atoms with Crippen molar-refractivity contribution in [1.82, 2.24) is 0 Å². The van der Waals surface area contributed by atoms with Crippen molar-refractivity contribution in [3.05, 3.63) is 62.7 Å². The SMILES string of the molecule is Cc1c(Cl)cc(S(=O)(=O)N2c3ccccc3CC[C@H]2C)cc1[N+](=O)[O-]. The topological polar surface area (TPSA) is 80.5 Å². The van der Waals surface area contributed by atoms with Crippen molar-refractivity contribution in [2.24, 2.45) is 0 Å². The Bertz CT molecular complexity index is 959. The number of nitro benzene ring substituents is 1. The van der Waals surface area contributed by atoms with Crippen LogP contribution in [0.5, 0.6) is 0 Å². The number of benzene rings is 2. The molecule has 0 bridgehead atoms. The second-order valence-corrected chi connectivity index (χ2v) is 8.35. The van der Waals surface area contributed by atoms with Gasteiger partial charge >= 0.3 is 0 Å². The predicted octanol–water partition coefficient (Wildman–Crippen LogP) is 4.09. The minimum Gasteiger partial charge on any atom is -0.263 e. The molecule has 0 N–H and O–H groups in total. The summed E-state index contributed by atoms with van der Waals surface area (Å²) in [5.74, 6) is 0. The molecule has 6 nitrogen and oxygen atoms in total. The molecule has 0 saturated heterocycles. The van der Waals surface area contributed by atoms with E-state index in [4.69, 9.17) is 11.6 Å². The molecule has 25 heavy (non-hydrogen) atoms. The molecule has 1 aliphatic rings. The van der Waals surface area contributed by atoms with Crippen LogP contribution < -0.4 is 4.31 Å². The van der Waals surface area contributed by atoms with Gasteiger partial charge < -0.3 is 0 Å². The Labute approximate surface area is 151 Å². The number of hydrogen-bond donors (Lipinski definition) is 0. The van der Waals surface area contributed by atoms with E-state index >= 15 is 0 Å². The third kappa shape index (κ3) is 2.98. The van der Waals surface area contributed by atoms with Crippen LogP contribution in [-0.2, 0) is 16.4 Å². The molecule has 0 amide bonds. The Balaban J connectivity index is 2.19. The quantitative estimate of drug-likeness (QED) is 0.593. The summed E-state index contributed by atoms with van der Waals surface area (Å²) in [5.41, 5.74) is 1.50. The largest absolute Gasteiger partial charge is 0.275 e. The molecular weight excluding hydrogens is 364 g/mol. The van der Waals surface area contributed by atoms with Crippen molar-refractivity contribution in [2.75, 3.05) is 4.31 Å². The fraction of sp³-hybridized carbons (Fsp3) is 0.294. The first kappa shape index (κ1) is 17.7. The van der Waals surface area contributed by atoms with Gasteiger partial charge in [-0.3, -0.25) is 14.4 Å². The first-order chi connectivity index (χ1) is 11.7. The lowest BCUT2D eigenvalue weighted by Crippen LogP contribution is -2.42. The third-order valence-electron chi connectivity index (χ3n) is 4.50. The third-order valence-corrected chi connectivity index (χ3v) is 6.80. The van der Waals surface area contributed by atoms with Crippen LogP contribution in [0.2, 0.25) is 5.02 Å². The number of nitro groups is 1. The molecule has 0 spiro atoms. The number of hydrogen-bond acceptors (Lipinski definition) is 4. The summed E-state index contributed by atoms with van der Waals surface area (Å²) in [6.45, 7) is 3.33. The molecule has 0 fully saturated rings. The molecule has 0 saturated carbocycles. The Morgan fingerprint density at radius 1 is 1.28 bits per heavy atom. The van der Waals surface area contributed by atoms with Crippen LogP contribution in [-0.4, -0.2) is 19.4 Å². The minimum atomic E-state index is -3.98. The highest BCUT2D eigenvalue weighted by atomic mass is 35.5. The summed E-state index contributed by atoms with van der Waals surface area (Å²) in [6.07, 6.45) is 1.47. The molecule has 1 heterocycles. The van der Waals surface area contributed by atoms with Crippen LogP contribution >= 0.6 is 11.6 Å². The van der Waals surface area contributed by atoms with Gasteiger partial charge in [0.15, 0.2) is 0 Å². The number of para-hydroxylation sites is 1. The maximum absolute atomic E-state index is 13.2. The molecule has 1 atom stereocenters. The van der Waals surface area contributed by atoms with Crippen molar-refractivity contribution in [3.8, 4) is 0 Å². The van der Waals surface area contributed by atoms with E-state index in [1.54, 1.807) is 12.1 Å². The highest BCUT2D eigenvalue weighted by Gasteiger charge is 2.35. The van der Waals surface area contributed by atoms with E-state index < -0.39 is 14.9 Å². The fourth-order valence-corrected chi connectivity index (χ4v) is 5.16. The van der Waals surface area contributed by atoms with Crippen molar-refractivity contribution >= 4 is 33.0 Å². The van der Waals surface area contributed by atoms with E-state index in [-0.39, 0.29) is 27.2 Å². The zero-order valence-electron chi connectivity index (χ0n) is 13.8. The Morgan fingerprint density at radius 2 is 1.96 bits per heavy atom. The highest BCUT2D eigenvalue weighted by molar-refractivity contribution is 7.92. The molecule has 0 aliphatic carbocycles. The lowest BCUT2D eigenvalue weighted by Gasteiger charge is -2.36. The van der Waals surface area contributed by atoms with Crippen LogP contribution in [0.15, 0.2) is 41.3 Å². The maximum atomic E-state index is 13.2. The normalized spacial score (nSPS) is 17.2. The van der Waals surface area contributed by atoms with Crippen molar-refractivity contribution in [2.45, 2.75) is 37.6 Å². The monoisotopic (exact) mass is 380 g/mol. The Morgan fingerprint density at radius 3 is 2.64 bits per heavy atom. The molecule has 3 rings (SSSR count). The smallest absolute Gasteiger partial charge is 0.263 e. The molecular formula is C17H17ClN2O4S. The number of halogens is 1. The molecule has 0 radical (unpaired) electrons. The zero-order chi connectivity index (χ0) is 18.4. The van der Waals surface area contributed by atoms with E-state index in [0.717, 1.165) is 18.1 Å². The fourth-order valence-electron chi connectivity index (χ4n) is 3.11. The van der Waals surface area contributed by atoms with Crippen LogP contribution in [0.1, 0.15) is 24.5 Å². The molecule has 2 aromatic rings. The first-order valence-corrected chi connectivity index (χ1v) is 9.62. The molecule has 132 valence electrons. The van der Waals surface area contributed by atoms with Gasteiger partial charge in [-0.1, -0.05) is 29.8 Å². The number of sulfonamides is 1. The molecule has 1 aliphatic heterocycles. The van der Waals surface area contributed by atoms with E-state index in [0.29, 0.717) is 12.1 Å². The van der Waals surface area contributed by atoms with E-state index in [1.807, 2.05) is 19.1 Å². The summed E-state index contributed by atoms with van der Waals surface area (Å²) in [7, 11) is -3.98. The van der Waals surface area contributed by atoms with Crippen LogP contribution in [0.4, 0.5) is 11.4 Å². The standard InChI is InChI=1S/C17H17ClN2O4S/c1-11-7-8-13-5-3-4-6-16(13)19(11)25(23,24)14-9-15(18)12(2)17(10-14)20(21)22/h3-6,9-11H,7-8H2,1-2H3/t11-/m1/s1. The number of rotatable bonds is 3. The number of nitrogens with zero attached hydrogens (tertiary/aromatic N) is 2. The zero-order valence-corrected chi connectivity index (χ0v) is 15.3. The highest BCUT2D eigenvalue weighted by Crippen LogP contribution is 2.37. The molecule has 0 unspecified atom stereocenters. The summed E-state index contributed by atoms with van der Waals surface area (Å²) in [5, 5.41) is 11.3. The summed E-state index contributed by atoms with van der Waals surface area (Å²) >= 11 is 6.06. The number of aryl methyl sites for hydroxylation is 1. The van der Waals surface area contributed by atoms with Gasteiger partial charge in [-0.05, 0) is 44.4 Å². The number of anilines is 1. The predicted molar refractivity (Wildman–Crippen MR) is 96.7 cm³/mol. The van der Waals surface area contributed by atoms with Crippen molar-refractivity contribution < 1.29 is 13.3 Å².